The number of nitrogens with zero attached hydrogens (tertiary/aromatic N) is 3. The van der Waals surface area contributed by atoms with Crippen LogP contribution in [-0.2, 0) is 18.3 Å². The van der Waals surface area contributed by atoms with Crippen molar-refractivity contribution in [2.24, 2.45) is 12.0 Å². The minimum atomic E-state index is -0.117. The molecular formula is C20H18Cl2N4OS. The molecule has 0 aliphatic rings. The normalized spacial score (nSPS) is 10.9. The maximum atomic E-state index is 12.3. The van der Waals surface area contributed by atoms with E-state index in [-0.39, 0.29) is 24.7 Å². The van der Waals surface area contributed by atoms with Crippen molar-refractivity contribution in [2.75, 3.05) is 5.32 Å². The molecule has 3 aromatic rings. The van der Waals surface area contributed by atoms with Crippen LogP contribution in [0, 0.1) is 18.3 Å². The molecule has 0 radical (unpaired) electrons. The lowest BCUT2D eigenvalue weighted by atomic mass is 10.2. The van der Waals surface area contributed by atoms with Gasteiger partial charge in [-0.15, -0.1) is 23.7 Å². The number of carbonyl (C=O) groups is 1. The van der Waals surface area contributed by atoms with E-state index in [2.05, 4.69) is 16.4 Å². The number of halogens is 2. The molecule has 0 saturated heterocycles. The van der Waals surface area contributed by atoms with Crippen LogP contribution in [0.15, 0.2) is 52.8 Å². The largest absolute Gasteiger partial charge is 0.326 e. The Morgan fingerprint density at radius 3 is 2.64 bits per heavy atom. The molecule has 2 aromatic carbocycles. The van der Waals surface area contributed by atoms with E-state index in [9.17, 15) is 4.79 Å². The van der Waals surface area contributed by atoms with Gasteiger partial charge in [-0.3, -0.25) is 4.79 Å². The van der Waals surface area contributed by atoms with Crippen LogP contribution in [0.1, 0.15) is 16.8 Å². The molecule has 1 N–H and O–H groups in total. The lowest BCUT2D eigenvalue weighted by molar-refractivity contribution is -0.115. The number of carbonyl (C=O) groups excluding carboxylic acids is 1. The molecule has 8 heteroatoms. The third-order valence-corrected chi connectivity index (χ3v) is 5.41. The first-order chi connectivity index (χ1) is 13.0. The number of hydrogen-bond donors (Lipinski definition) is 1. The van der Waals surface area contributed by atoms with Gasteiger partial charge in [0.25, 0.3) is 0 Å². The Bertz CT molecular complexity index is 1090. The topological polar surface area (TPSA) is 70.2 Å². The number of aryl methyl sites for hydroxylation is 1. The first-order valence-electron chi connectivity index (χ1n) is 8.20. The highest BCUT2D eigenvalue weighted by Crippen LogP contribution is 2.20. The molecular weight excluding hydrogens is 415 g/mol. The number of hydrogen-bond acceptors (Lipinski definition) is 4. The van der Waals surface area contributed by atoms with Crippen LogP contribution in [-0.4, -0.2) is 10.5 Å². The number of nitrogens with one attached hydrogen (secondary N) is 1. The number of amides is 1. The van der Waals surface area contributed by atoms with Gasteiger partial charge in [-0.2, -0.15) is 5.26 Å². The molecule has 0 aliphatic heterocycles. The van der Waals surface area contributed by atoms with Gasteiger partial charge in [0.1, 0.15) is 0 Å². The van der Waals surface area contributed by atoms with Gasteiger partial charge in [-0.05, 0) is 48.9 Å². The molecule has 28 heavy (non-hydrogen) atoms. The Balaban J connectivity index is 0.00000280. The van der Waals surface area contributed by atoms with E-state index in [1.165, 1.54) is 11.3 Å². The number of anilines is 1. The summed E-state index contributed by atoms with van der Waals surface area (Å²) in [7, 11) is 1.88. The van der Waals surface area contributed by atoms with Crippen molar-refractivity contribution < 1.29 is 4.79 Å². The Morgan fingerprint density at radius 1 is 1.29 bits per heavy atom. The van der Waals surface area contributed by atoms with Crippen LogP contribution in [0.25, 0.3) is 0 Å². The van der Waals surface area contributed by atoms with E-state index in [4.69, 9.17) is 16.9 Å². The standard InChI is InChI=1S/C20H17ClN4OS.ClH/c1-13-3-6-16(9-18(13)21)23-19(26)10-17-12-27-20(25(17)2)24-15-7-4-14(11-22)5-8-15;/h3-9,12H,10H2,1-2H3,(H,23,26);1H. The third kappa shape index (κ3) is 5.23. The predicted octanol–water partition coefficient (Wildman–Crippen LogP) is 4.76. The van der Waals surface area contributed by atoms with Gasteiger partial charge < -0.3 is 9.88 Å². The molecule has 0 atom stereocenters. The van der Waals surface area contributed by atoms with Gasteiger partial charge in [0.15, 0.2) is 4.80 Å². The zero-order chi connectivity index (χ0) is 19.4. The summed E-state index contributed by atoms with van der Waals surface area (Å²) in [6.45, 7) is 1.91. The molecule has 3 rings (SSSR count). The van der Waals surface area contributed by atoms with Crippen LogP contribution in [0.2, 0.25) is 5.02 Å². The van der Waals surface area contributed by atoms with Crippen LogP contribution >= 0.6 is 35.3 Å². The fourth-order valence-corrected chi connectivity index (χ4v) is 3.52. The molecule has 0 unspecified atom stereocenters. The van der Waals surface area contributed by atoms with Crippen molar-refractivity contribution in [3.8, 4) is 6.07 Å². The molecule has 0 fully saturated rings. The summed E-state index contributed by atoms with van der Waals surface area (Å²) in [4.78, 5) is 17.7. The number of nitriles is 1. The molecule has 0 bridgehead atoms. The van der Waals surface area contributed by atoms with Crippen molar-refractivity contribution in [2.45, 2.75) is 13.3 Å². The minimum absolute atomic E-state index is 0. The zero-order valence-corrected chi connectivity index (χ0v) is 17.7. The molecule has 0 saturated carbocycles. The quantitative estimate of drug-likeness (QED) is 0.645. The van der Waals surface area contributed by atoms with E-state index in [1.807, 2.05) is 36.1 Å². The summed E-state index contributed by atoms with van der Waals surface area (Å²) in [5.41, 5.74) is 3.86. The zero-order valence-electron chi connectivity index (χ0n) is 15.3. The molecule has 5 nitrogen and oxygen atoms in total. The highest BCUT2D eigenvalue weighted by molar-refractivity contribution is 7.07. The van der Waals surface area contributed by atoms with E-state index < -0.39 is 0 Å². The summed E-state index contributed by atoms with van der Waals surface area (Å²) in [6.07, 6.45) is 0.237. The van der Waals surface area contributed by atoms with Crippen molar-refractivity contribution in [3.63, 3.8) is 0 Å². The average Bonchev–Trinajstić information content (AvgIpc) is 2.99. The van der Waals surface area contributed by atoms with Gasteiger partial charge in [0.05, 0.1) is 23.7 Å². The molecule has 0 aliphatic carbocycles. The summed E-state index contributed by atoms with van der Waals surface area (Å²) >= 11 is 7.56. The lowest BCUT2D eigenvalue weighted by Crippen LogP contribution is -2.19. The van der Waals surface area contributed by atoms with E-state index in [1.54, 1.807) is 30.3 Å². The van der Waals surface area contributed by atoms with Crippen LogP contribution in [0.4, 0.5) is 11.4 Å². The minimum Gasteiger partial charge on any atom is -0.326 e. The number of aromatic nitrogens is 1. The Kier molecular flexibility index (Phi) is 7.41. The fraction of sp³-hybridized carbons (Fsp3) is 0.150. The average molecular weight is 433 g/mol. The van der Waals surface area contributed by atoms with Gasteiger partial charge in [0, 0.05) is 28.8 Å². The van der Waals surface area contributed by atoms with Gasteiger partial charge in [-0.25, -0.2) is 4.99 Å². The van der Waals surface area contributed by atoms with Crippen molar-refractivity contribution in [1.82, 2.24) is 4.57 Å². The lowest BCUT2D eigenvalue weighted by Gasteiger charge is -2.07. The van der Waals surface area contributed by atoms with E-state index >= 15 is 0 Å². The summed E-state index contributed by atoms with van der Waals surface area (Å²) in [5.74, 6) is -0.117. The third-order valence-electron chi connectivity index (χ3n) is 4.04. The molecule has 1 aromatic heterocycles. The predicted molar refractivity (Wildman–Crippen MR) is 115 cm³/mol. The second kappa shape index (κ2) is 9.56. The Hall–Kier alpha value is -2.59. The second-order valence-corrected chi connectivity index (χ2v) is 7.27. The van der Waals surface area contributed by atoms with E-state index in [0.29, 0.717) is 16.3 Å². The van der Waals surface area contributed by atoms with Crippen LogP contribution in [0.5, 0.6) is 0 Å². The summed E-state index contributed by atoms with van der Waals surface area (Å²) in [5, 5.41) is 14.3. The van der Waals surface area contributed by atoms with Crippen LogP contribution < -0.4 is 10.1 Å². The van der Waals surface area contributed by atoms with Crippen molar-refractivity contribution >= 4 is 52.6 Å². The smallest absolute Gasteiger partial charge is 0.230 e. The highest BCUT2D eigenvalue weighted by Gasteiger charge is 2.09. The second-order valence-electron chi connectivity index (χ2n) is 6.03. The Morgan fingerprint density at radius 2 is 2.00 bits per heavy atom. The molecule has 1 heterocycles. The summed E-state index contributed by atoms with van der Waals surface area (Å²) in [6, 6.07) is 14.6. The fourth-order valence-electron chi connectivity index (χ4n) is 2.42. The maximum absolute atomic E-state index is 12.3. The molecule has 144 valence electrons. The molecule has 1 amide bonds. The molecule has 0 spiro atoms. The van der Waals surface area contributed by atoms with Crippen molar-refractivity contribution in [3.05, 3.63) is 74.5 Å². The first-order valence-corrected chi connectivity index (χ1v) is 9.46. The number of benzene rings is 2. The van der Waals surface area contributed by atoms with Crippen molar-refractivity contribution in [1.29, 1.82) is 5.26 Å². The highest BCUT2D eigenvalue weighted by atomic mass is 35.5. The number of rotatable bonds is 4. The first kappa shape index (κ1) is 21.7. The van der Waals surface area contributed by atoms with Crippen LogP contribution in [0.3, 0.4) is 0 Å². The van der Waals surface area contributed by atoms with E-state index in [0.717, 1.165) is 21.7 Å². The summed E-state index contributed by atoms with van der Waals surface area (Å²) < 4.78 is 1.89. The van der Waals surface area contributed by atoms with Gasteiger partial charge >= 0.3 is 0 Å². The van der Waals surface area contributed by atoms with Gasteiger partial charge in [0.2, 0.25) is 5.91 Å². The maximum Gasteiger partial charge on any atom is 0.230 e. The van der Waals surface area contributed by atoms with Gasteiger partial charge in [-0.1, -0.05) is 17.7 Å². The Labute approximate surface area is 178 Å². The number of thiazole rings is 1. The monoisotopic (exact) mass is 432 g/mol. The SMILES string of the molecule is Cc1ccc(NC(=O)Cc2csc(=Nc3ccc(C#N)cc3)n2C)cc1Cl.Cl.